The molecular formula is C18H18N2O4S. The lowest BCUT2D eigenvalue weighted by atomic mass is 9.90. The van der Waals surface area contributed by atoms with Crippen molar-refractivity contribution in [3.8, 4) is 0 Å². The van der Waals surface area contributed by atoms with Crippen molar-refractivity contribution >= 4 is 39.8 Å². The summed E-state index contributed by atoms with van der Waals surface area (Å²) < 4.78 is 4.82. The number of ether oxygens (including phenoxy) is 1. The predicted octanol–water partition coefficient (Wildman–Crippen LogP) is 3.22. The molecule has 2 heterocycles. The Morgan fingerprint density at radius 1 is 1.28 bits per heavy atom. The summed E-state index contributed by atoms with van der Waals surface area (Å²) in [6, 6.07) is 7.23. The van der Waals surface area contributed by atoms with Gasteiger partial charge in [-0.3, -0.25) is 9.59 Å². The number of anilines is 2. The van der Waals surface area contributed by atoms with Crippen LogP contribution in [0.25, 0.3) is 0 Å². The Morgan fingerprint density at radius 2 is 2.00 bits per heavy atom. The number of amides is 2. The van der Waals surface area contributed by atoms with Crippen molar-refractivity contribution in [2.24, 2.45) is 0 Å². The first-order valence-corrected chi connectivity index (χ1v) is 8.62. The number of para-hydroxylation sites is 1. The zero-order valence-corrected chi connectivity index (χ0v) is 15.0. The number of rotatable bonds is 3. The van der Waals surface area contributed by atoms with Gasteiger partial charge in [0.15, 0.2) is 0 Å². The van der Waals surface area contributed by atoms with E-state index in [0.29, 0.717) is 16.3 Å². The van der Waals surface area contributed by atoms with E-state index in [9.17, 15) is 14.4 Å². The third-order valence-corrected chi connectivity index (χ3v) is 5.45. The van der Waals surface area contributed by atoms with Crippen LogP contribution in [0.3, 0.4) is 0 Å². The summed E-state index contributed by atoms with van der Waals surface area (Å²) in [4.78, 5) is 37.7. The maximum absolute atomic E-state index is 12.8. The number of carbonyl (C=O) groups excluding carboxylic acids is 3. The second-order valence-electron chi connectivity index (χ2n) is 5.86. The molecule has 3 rings (SSSR count). The molecule has 1 aliphatic heterocycles. The number of esters is 1. The average Bonchev–Trinajstić information content (AvgIpc) is 2.87. The summed E-state index contributed by atoms with van der Waals surface area (Å²) in [7, 11) is 1.31. The fourth-order valence-electron chi connectivity index (χ4n) is 2.91. The normalized spacial score (nSPS) is 16.0. The van der Waals surface area contributed by atoms with Crippen molar-refractivity contribution < 1.29 is 19.1 Å². The van der Waals surface area contributed by atoms with E-state index in [2.05, 4.69) is 10.6 Å². The first kappa shape index (κ1) is 17.2. The van der Waals surface area contributed by atoms with Crippen LogP contribution in [0.4, 0.5) is 10.7 Å². The van der Waals surface area contributed by atoms with Gasteiger partial charge in [0.1, 0.15) is 5.00 Å². The molecule has 2 N–H and O–H groups in total. The van der Waals surface area contributed by atoms with Crippen LogP contribution in [0.15, 0.2) is 24.3 Å². The molecule has 0 fully saturated rings. The number of benzene rings is 1. The SMILES string of the molecule is COC(=O)c1c(NC(=O)C2CC(=O)Nc3ccccc32)sc(C)c1C. The highest BCUT2D eigenvalue weighted by molar-refractivity contribution is 7.16. The van der Waals surface area contributed by atoms with Crippen LogP contribution in [0.2, 0.25) is 0 Å². The van der Waals surface area contributed by atoms with Gasteiger partial charge < -0.3 is 15.4 Å². The van der Waals surface area contributed by atoms with E-state index in [0.717, 1.165) is 16.0 Å². The van der Waals surface area contributed by atoms with Crippen LogP contribution in [0.1, 0.15) is 38.7 Å². The minimum atomic E-state index is -0.599. The highest BCUT2D eigenvalue weighted by Gasteiger charge is 2.32. The van der Waals surface area contributed by atoms with E-state index in [1.165, 1.54) is 18.4 Å². The van der Waals surface area contributed by atoms with Crippen LogP contribution >= 0.6 is 11.3 Å². The molecule has 0 aliphatic carbocycles. The van der Waals surface area contributed by atoms with E-state index < -0.39 is 11.9 Å². The van der Waals surface area contributed by atoms with Gasteiger partial charge in [-0.05, 0) is 31.0 Å². The standard InChI is InChI=1S/C18H18N2O4S/c1-9-10(2)25-17(15(9)18(23)24-3)20-16(22)12-8-14(21)19-13-7-5-4-6-11(12)13/h4-7,12H,8H2,1-3H3,(H,19,21)(H,20,22). The van der Waals surface area contributed by atoms with E-state index in [4.69, 9.17) is 4.74 Å². The van der Waals surface area contributed by atoms with E-state index in [1.807, 2.05) is 26.0 Å². The second kappa shape index (κ2) is 6.68. The van der Waals surface area contributed by atoms with Gasteiger partial charge in [0, 0.05) is 17.0 Å². The third kappa shape index (κ3) is 3.15. The molecule has 0 bridgehead atoms. The lowest BCUT2D eigenvalue weighted by Gasteiger charge is -2.24. The number of fused-ring (bicyclic) bond motifs is 1. The first-order valence-electron chi connectivity index (χ1n) is 7.80. The predicted molar refractivity (Wildman–Crippen MR) is 96.2 cm³/mol. The average molecular weight is 358 g/mol. The maximum Gasteiger partial charge on any atom is 0.341 e. The van der Waals surface area contributed by atoms with E-state index in [-0.39, 0.29) is 18.2 Å². The molecule has 7 heteroatoms. The smallest absolute Gasteiger partial charge is 0.341 e. The minimum Gasteiger partial charge on any atom is -0.465 e. The lowest BCUT2D eigenvalue weighted by molar-refractivity contribution is -0.123. The number of aryl methyl sites for hydroxylation is 1. The molecule has 0 radical (unpaired) electrons. The van der Waals surface area contributed by atoms with Gasteiger partial charge in [0.2, 0.25) is 11.8 Å². The fraction of sp³-hybridized carbons (Fsp3) is 0.278. The summed E-state index contributed by atoms with van der Waals surface area (Å²) >= 11 is 1.33. The van der Waals surface area contributed by atoms with Gasteiger partial charge in [0.25, 0.3) is 0 Å². The van der Waals surface area contributed by atoms with Crippen LogP contribution in [-0.2, 0) is 14.3 Å². The van der Waals surface area contributed by atoms with Gasteiger partial charge in [-0.1, -0.05) is 18.2 Å². The summed E-state index contributed by atoms with van der Waals surface area (Å²) in [5.41, 5.74) is 2.57. The number of carbonyl (C=O) groups is 3. The van der Waals surface area contributed by atoms with Crippen molar-refractivity contribution in [2.75, 3.05) is 17.7 Å². The van der Waals surface area contributed by atoms with Crippen LogP contribution in [-0.4, -0.2) is 24.9 Å². The van der Waals surface area contributed by atoms with Gasteiger partial charge in [-0.2, -0.15) is 0 Å². The molecule has 6 nitrogen and oxygen atoms in total. The van der Waals surface area contributed by atoms with Gasteiger partial charge in [0.05, 0.1) is 18.6 Å². The van der Waals surface area contributed by atoms with Gasteiger partial charge in [-0.15, -0.1) is 11.3 Å². The molecule has 25 heavy (non-hydrogen) atoms. The maximum atomic E-state index is 12.8. The summed E-state index contributed by atoms with van der Waals surface area (Å²) in [5.74, 6) is -1.60. The zero-order valence-electron chi connectivity index (χ0n) is 14.1. The Hall–Kier alpha value is -2.67. The Kier molecular flexibility index (Phi) is 4.59. The molecule has 0 spiro atoms. The Labute approximate surface area is 149 Å². The Morgan fingerprint density at radius 3 is 2.72 bits per heavy atom. The Balaban J connectivity index is 1.93. The van der Waals surface area contributed by atoms with Gasteiger partial charge in [-0.25, -0.2) is 4.79 Å². The van der Waals surface area contributed by atoms with Gasteiger partial charge >= 0.3 is 5.97 Å². The first-order chi connectivity index (χ1) is 11.9. The summed E-state index contributed by atoms with van der Waals surface area (Å²) in [6.45, 7) is 3.70. The molecule has 0 saturated carbocycles. The summed E-state index contributed by atoms with van der Waals surface area (Å²) in [5, 5.41) is 6.04. The highest BCUT2D eigenvalue weighted by atomic mass is 32.1. The molecule has 1 aliphatic rings. The van der Waals surface area contributed by atoms with Crippen molar-refractivity contribution in [3.63, 3.8) is 0 Å². The zero-order chi connectivity index (χ0) is 18.1. The molecule has 0 saturated heterocycles. The lowest BCUT2D eigenvalue weighted by Crippen LogP contribution is -2.30. The number of hydrogen-bond acceptors (Lipinski definition) is 5. The van der Waals surface area contributed by atoms with Crippen LogP contribution in [0, 0.1) is 13.8 Å². The van der Waals surface area contributed by atoms with Crippen molar-refractivity contribution in [3.05, 3.63) is 45.8 Å². The number of nitrogens with one attached hydrogen (secondary N) is 2. The molecular weight excluding hydrogens is 340 g/mol. The highest BCUT2D eigenvalue weighted by Crippen LogP contribution is 2.36. The van der Waals surface area contributed by atoms with Crippen LogP contribution < -0.4 is 10.6 Å². The number of hydrogen-bond donors (Lipinski definition) is 2. The molecule has 1 unspecified atom stereocenters. The van der Waals surface area contributed by atoms with Crippen molar-refractivity contribution in [1.29, 1.82) is 0 Å². The molecule has 1 aromatic heterocycles. The quantitative estimate of drug-likeness (QED) is 0.825. The van der Waals surface area contributed by atoms with E-state index >= 15 is 0 Å². The molecule has 130 valence electrons. The Bertz CT molecular complexity index is 872. The third-order valence-electron chi connectivity index (χ3n) is 4.33. The summed E-state index contributed by atoms with van der Waals surface area (Å²) in [6.07, 6.45) is 0.0692. The topological polar surface area (TPSA) is 84.5 Å². The molecule has 1 aromatic carbocycles. The van der Waals surface area contributed by atoms with E-state index in [1.54, 1.807) is 12.1 Å². The van der Waals surface area contributed by atoms with Crippen molar-refractivity contribution in [2.45, 2.75) is 26.2 Å². The number of thiophene rings is 1. The van der Waals surface area contributed by atoms with Crippen LogP contribution in [0.5, 0.6) is 0 Å². The monoisotopic (exact) mass is 358 g/mol. The molecule has 2 aromatic rings. The fourth-order valence-corrected chi connectivity index (χ4v) is 3.96. The minimum absolute atomic E-state index is 0.0692. The second-order valence-corrected chi connectivity index (χ2v) is 7.09. The molecule has 1 atom stereocenters. The van der Waals surface area contributed by atoms with Crippen molar-refractivity contribution in [1.82, 2.24) is 0 Å². The number of methoxy groups -OCH3 is 1. The largest absolute Gasteiger partial charge is 0.465 e. The molecule has 2 amide bonds.